The number of nitrogens with zero attached hydrogens (tertiary/aromatic N) is 1. The number of likely N-dealkylation sites (N-methyl/N-ethyl adjacent to an activating group) is 1. The molecule has 0 aromatic heterocycles. The third-order valence-electron chi connectivity index (χ3n) is 9.44. The van der Waals surface area contributed by atoms with Gasteiger partial charge < -0.3 is 14.6 Å². The number of nitrogens with one attached hydrogen (secondary N) is 1. The molecule has 1 spiro atoms. The number of benzene rings is 2. The highest BCUT2D eigenvalue weighted by atomic mass is 32.2. The van der Waals surface area contributed by atoms with Crippen LogP contribution >= 0.6 is 0 Å². The smallest absolute Gasteiger partial charge is 0.303 e. The number of carbonyl (C=O) groups excluding carboxylic acids is 1. The lowest BCUT2D eigenvalue weighted by atomic mass is 9.48. The molecule has 1 saturated carbocycles. The van der Waals surface area contributed by atoms with Gasteiger partial charge in [-0.15, -0.1) is 0 Å². The van der Waals surface area contributed by atoms with Crippen LogP contribution in [0.5, 0.6) is 11.5 Å². The number of carbonyl (C=O) groups is 1. The van der Waals surface area contributed by atoms with Crippen molar-refractivity contribution < 1.29 is 27.8 Å². The summed E-state index contributed by atoms with van der Waals surface area (Å²) in [4.78, 5) is 14.8. The fourth-order valence-corrected chi connectivity index (χ4v) is 9.60. The van der Waals surface area contributed by atoms with Gasteiger partial charge in [-0.05, 0) is 74.4 Å². The number of likely N-dealkylation sites (tertiary alicyclic amines) is 1. The van der Waals surface area contributed by atoms with Gasteiger partial charge in [0.15, 0.2) is 11.5 Å². The highest BCUT2D eigenvalue weighted by Gasteiger charge is 2.75. The van der Waals surface area contributed by atoms with Crippen LogP contribution in [-0.2, 0) is 43.6 Å². The number of ether oxygens (including phenoxy) is 2. The number of phenols is 1. The molecule has 9 heteroatoms. The molecule has 1 saturated heterocycles. The summed E-state index contributed by atoms with van der Waals surface area (Å²) in [6.45, 7) is 6.44. The van der Waals surface area contributed by atoms with Gasteiger partial charge >= 0.3 is 5.97 Å². The molecule has 0 unspecified atom stereocenters. The molecule has 2 aromatic rings. The molecule has 2 aliphatic carbocycles. The molecule has 4 aliphatic rings. The van der Waals surface area contributed by atoms with Gasteiger partial charge in [-0.1, -0.05) is 44.2 Å². The number of hydrogen-bond donors (Lipinski definition) is 2. The van der Waals surface area contributed by atoms with Crippen molar-refractivity contribution in [3.05, 3.63) is 58.7 Å². The van der Waals surface area contributed by atoms with Crippen molar-refractivity contribution in [1.82, 2.24) is 9.62 Å². The van der Waals surface area contributed by atoms with Crippen LogP contribution in [-0.4, -0.2) is 61.8 Å². The summed E-state index contributed by atoms with van der Waals surface area (Å²) in [5.41, 5.74) is 2.18. The lowest BCUT2D eigenvalue weighted by molar-refractivity contribution is -0.215. The molecule has 2 bridgehead atoms. The molecule has 39 heavy (non-hydrogen) atoms. The standard InChI is InChI=1S/C30H38N2O6S/c1-18(2)15-20-7-5-6-8-22(20)17-39(35,36)31-23-11-12-30(38-19(3)33)25-16-21-9-10-24(34)27-26(21)29(30,28(23)37-27)13-14-32(25)4/h5-10,18,23,25,28,31,34H,11-17H2,1-4H3/t23-,25-,28+,29+,30-/m1/s1. The lowest BCUT2D eigenvalue weighted by Gasteiger charge is -2.64. The Morgan fingerprint density at radius 1 is 1.21 bits per heavy atom. The van der Waals surface area contributed by atoms with E-state index in [-0.39, 0.29) is 23.5 Å². The maximum Gasteiger partial charge on any atom is 0.303 e. The molecule has 2 aliphatic heterocycles. The summed E-state index contributed by atoms with van der Waals surface area (Å²) >= 11 is 0. The summed E-state index contributed by atoms with van der Waals surface area (Å²) in [5.74, 6) is 0.382. The Bertz CT molecular complexity index is 1420. The number of esters is 1. The largest absolute Gasteiger partial charge is 0.504 e. The highest BCUT2D eigenvalue weighted by molar-refractivity contribution is 7.88. The first-order valence-corrected chi connectivity index (χ1v) is 15.6. The van der Waals surface area contributed by atoms with Crippen molar-refractivity contribution in [3.8, 4) is 11.5 Å². The zero-order valence-corrected chi connectivity index (χ0v) is 23.9. The first-order chi connectivity index (χ1) is 18.5. The van der Waals surface area contributed by atoms with E-state index in [9.17, 15) is 18.3 Å². The van der Waals surface area contributed by atoms with Gasteiger partial charge in [0.2, 0.25) is 10.0 Å². The topological polar surface area (TPSA) is 105 Å². The van der Waals surface area contributed by atoms with E-state index in [0.717, 1.165) is 35.2 Å². The van der Waals surface area contributed by atoms with Gasteiger partial charge in [0.25, 0.3) is 0 Å². The Morgan fingerprint density at radius 2 is 1.95 bits per heavy atom. The average molecular weight is 555 g/mol. The van der Waals surface area contributed by atoms with Crippen LogP contribution in [0.2, 0.25) is 0 Å². The predicted octanol–water partition coefficient (Wildman–Crippen LogP) is 3.43. The van der Waals surface area contributed by atoms with Crippen LogP contribution in [0.15, 0.2) is 36.4 Å². The summed E-state index contributed by atoms with van der Waals surface area (Å²) < 4.78 is 43.2. The molecule has 0 amide bonds. The van der Waals surface area contributed by atoms with Crippen molar-refractivity contribution in [1.29, 1.82) is 0 Å². The van der Waals surface area contributed by atoms with E-state index < -0.39 is 33.2 Å². The number of piperidine rings is 1. The van der Waals surface area contributed by atoms with Gasteiger partial charge in [-0.2, -0.15) is 0 Å². The quantitative estimate of drug-likeness (QED) is 0.505. The minimum Gasteiger partial charge on any atom is -0.504 e. The van der Waals surface area contributed by atoms with E-state index in [1.54, 1.807) is 6.07 Å². The number of rotatable bonds is 7. The second kappa shape index (κ2) is 9.21. The minimum atomic E-state index is -3.73. The third-order valence-corrected chi connectivity index (χ3v) is 10.8. The van der Waals surface area contributed by atoms with E-state index in [0.29, 0.717) is 37.4 Å². The van der Waals surface area contributed by atoms with E-state index in [1.807, 2.05) is 30.3 Å². The molecule has 8 nitrogen and oxygen atoms in total. The zero-order chi connectivity index (χ0) is 27.7. The minimum absolute atomic E-state index is 0.0378. The summed E-state index contributed by atoms with van der Waals surface area (Å²) in [6, 6.07) is 10.7. The van der Waals surface area contributed by atoms with Gasteiger partial charge in [0.05, 0.1) is 23.3 Å². The Hall–Kier alpha value is -2.62. The van der Waals surface area contributed by atoms with Gasteiger partial charge in [-0.25, -0.2) is 13.1 Å². The van der Waals surface area contributed by atoms with E-state index in [2.05, 4.69) is 30.5 Å². The van der Waals surface area contributed by atoms with Gasteiger partial charge in [-0.3, -0.25) is 9.69 Å². The molecule has 6 rings (SSSR count). The van der Waals surface area contributed by atoms with Crippen LogP contribution in [0.3, 0.4) is 0 Å². The molecular weight excluding hydrogens is 516 g/mol. The van der Waals surface area contributed by atoms with Crippen LogP contribution in [0.25, 0.3) is 0 Å². The molecule has 2 heterocycles. The third kappa shape index (κ3) is 3.99. The van der Waals surface area contributed by atoms with Crippen LogP contribution in [0, 0.1) is 5.92 Å². The molecule has 5 atom stereocenters. The summed E-state index contributed by atoms with van der Waals surface area (Å²) in [5, 5.41) is 10.9. The van der Waals surface area contributed by atoms with E-state index >= 15 is 0 Å². The molecule has 2 fully saturated rings. The molecule has 2 N–H and O–H groups in total. The SMILES string of the molecule is CC(=O)O[C@@]12CC[C@@H](NS(=O)(=O)Cc3ccccc3CC(C)C)[C@@H]3Oc4c(O)ccc5c4[C@@]31CCN(C)[C@@H]2C5. The van der Waals surface area contributed by atoms with E-state index in [1.165, 1.54) is 6.92 Å². The predicted molar refractivity (Wildman–Crippen MR) is 147 cm³/mol. The highest BCUT2D eigenvalue weighted by Crippen LogP contribution is 2.66. The van der Waals surface area contributed by atoms with Crippen molar-refractivity contribution in [3.63, 3.8) is 0 Å². The number of hydrogen-bond acceptors (Lipinski definition) is 7. The number of aromatic hydroxyl groups is 1. The first kappa shape index (κ1) is 26.6. The maximum atomic E-state index is 13.7. The van der Waals surface area contributed by atoms with Crippen LogP contribution < -0.4 is 9.46 Å². The maximum absolute atomic E-state index is 13.7. The Balaban J connectivity index is 1.40. The second-order valence-corrected chi connectivity index (χ2v) is 14.0. The molecular formula is C30H38N2O6S. The zero-order valence-electron chi connectivity index (χ0n) is 23.1. The lowest BCUT2D eigenvalue weighted by Crippen LogP contribution is -2.78. The Morgan fingerprint density at radius 3 is 2.67 bits per heavy atom. The second-order valence-electron chi connectivity index (χ2n) is 12.3. The van der Waals surface area contributed by atoms with Crippen LogP contribution in [0.1, 0.15) is 62.3 Å². The molecule has 0 radical (unpaired) electrons. The summed E-state index contributed by atoms with van der Waals surface area (Å²) in [7, 11) is -1.67. The van der Waals surface area contributed by atoms with Crippen molar-refractivity contribution in [2.24, 2.45) is 5.92 Å². The Labute approximate surface area is 230 Å². The summed E-state index contributed by atoms with van der Waals surface area (Å²) in [6.07, 6.45) is 2.48. The number of phenolic OH excluding ortho intramolecular Hbond substituents is 1. The fourth-order valence-electron chi connectivity index (χ4n) is 8.12. The monoisotopic (exact) mass is 554 g/mol. The fraction of sp³-hybridized carbons (Fsp3) is 0.567. The van der Waals surface area contributed by atoms with Gasteiger partial charge in [0.1, 0.15) is 11.7 Å². The van der Waals surface area contributed by atoms with Crippen LogP contribution in [0.4, 0.5) is 0 Å². The normalized spacial score (nSPS) is 31.1. The van der Waals surface area contributed by atoms with Crippen molar-refractivity contribution in [2.75, 3.05) is 13.6 Å². The number of sulfonamides is 1. The molecule has 210 valence electrons. The first-order valence-electron chi connectivity index (χ1n) is 14.0. The van der Waals surface area contributed by atoms with Crippen molar-refractivity contribution >= 4 is 16.0 Å². The van der Waals surface area contributed by atoms with Crippen molar-refractivity contribution in [2.45, 2.75) is 87.8 Å². The van der Waals surface area contributed by atoms with Gasteiger partial charge in [0, 0.05) is 12.5 Å². The van der Waals surface area contributed by atoms with E-state index in [4.69, 9.17) is 9.47 Å². The average Bonchev–Trinajstić information content (AvgIpc) is 3.21. The molecule has 2 aromatic carbocycles. The Kier molecular flexibility index (Phi) is 6.28.